The third-order valence-electron chi connectivity index (χ3n) is 3.42. The Labute approximate surface area is 126 Å². The highest BCUT2D eigenvalue weighted by molar-refractivity contribution is 7.89. The molecule has 0 aliphatic carbocycles. The number of fused-ring (bicyclic) bond motifs is 1. The van der Waals surface area contributed by atoms with Gasteiger partial charge in [-0.25, -0.2) is 13.6 Å². The normalized spacial score (nSPS) is 17.2. The highest BCUT2D eigenvalue weighted by Crippen LogP contribution is 2.29. The highest BCUT2D eigenvalue weighted by atomic mass is 35.5. The zero-order valence-electron chi connectivity index (χ0n) is 11.1. The molecule has 1 saturated heterocycles. The lowest BCUT2D eigenvalue weighted by atomic mass is 10.1. The number of sulfonamides is 1. The van der Waals surface area contributed by atoms with Crippen molar-refractivity contribution in [2.45, 2.75) is 23.8 Å². The van der Waals surface area contributed by atoms with Gasteiger partial charge in [0.1, 0.15) is 10.4 Å². The fourth-order valence-corrected chi connectivity index (χ4v) is 3.43. The molecule has 1 aliphatic heterocycles. The van der Waals surface area contributed by atoms with Gasteiger partial charge < -0.3 is 15.1 Å². The Morgan fingerprint density at radius 2 is 2.10 bits per heavy atom. The van der Waals surface area contributed by atoms with E-state index in [9.17, 15) is 8.42 Å². The maximum absolute atomic E-state index is 11.4. The molecule has 0 amide bonds. The molecule has 0 unspecified atom stereocenters. The molecule has 2 heterocycles. The molecule has 1 aromatic carbocycles. The van der Waals surface area contributed by atoms with Gasteiger partial charge in [-0.2, -0.15) is 4.98 Å². The summed E-state index contributed by atoms with van der Waals surface area (Å²) in [6, 6.07) is 3.38. The first-order valence-corrected chi connectivity index (χ1v) is 8.46. The standard InChI is InChI=1S/C12H15ClN4O3S/c13-8-5-9-10(6-11(8)21(14,18)19)20-12(17-9)16-7-1-3-15-4-2-7/h5-7,15H,1-4H2,(H,16,17)(H2,14,18,19). The lowest BCUT2D eigenvalue weighted by molar-refractivity contribution is 0.466. The molecule has 4 N–H and O–H groups in total. The smallest absolute Gasteiger partial charge is 0.295 e. The quantitative estimate of drug-likeness (QED) is 0.782. The SMILES string of the molecule is NS(=O)(=O)c1cc2oc(NC3CCNCC3)nc2cc1Cl. The van der Waals surface area contributed by atoms with E-state index in [1.165, 1.54) is 12.1 Å². The zero-order valence-corrected chi connectivity index (χ0v) is 12.7. The first-order valence-electron chi connectivity index (χ1n) is 6.53. The minimum absolute atomic E-state index is 0.0340. The van der Waals surface area contributed by atoms with Crippen LogP contribution in [-0.2, 0) is 10.0 Å². The Balaban J connectivity index is 1.92. The molecule has 1 aromatic heterocycles. The Kier molecular flexibility index (Phi) is 3.78. The minimum atomic E-state index is -3.89. The van der Waals surface area contributed by atoms with E-state index in [4.69, 9.17) is 21.2 Å². The molecule has 7 nitrogen and oxygen atoms in total. The van der Waals surface area contributed by atoms with E-state index in [1.807, 2.05) is 0 Å². The number of nitrogens with two attached hydrogens (primary N) is 1. The summed E-state index contributed by atoms with van der Waals surface area (Å²) in [6.45, 7) is 1.89. The number of rotatable bonds is 3. The van der Waals surface area contributed by atoms with Gasteiger partial charge in [0, 0.05) is 12.1 Å². The summed E-state index contributed by atoms with van der Waals surface area (Å²) in [6.07, 6.45) is 1.95. The lowest BCUT2D eigenvalue weighted by Gasteiger charge is -2.22. The topological polar surface area (TPSA) is 110 Å². The second-order valence-corrected chi connectivity index (χ2v) is 6.92. The first kappa shape index (κ1) is 14.6. The van der Waals surface area contributed by atoms with Crippen molar-refractivity contribution in [3.05, 3.63) is 17.2 Å². The maximum Gasteiger partial charge on any atom is 0.295 e. The molecule has 1 fully saturated rings. The van der Waals surface area contributed by atoms with Crippen molar-refractivity contribution in [2.24, 2.45) is 5.14 Å². The van der Waals surface area contributed by atoms with Crippen LogP contribution in [0.3, 0.4) is 0 Å². The summed E-state index contributed by atoms with van der Waals surface area (Å²) in [5, 5.41) is 11.6. The Bertz CT molecular complexity index is 768. The number of hydrogen-bond donors (Lipinski definition) is 3. The number of aromatic nitrogens is 1. The third-order valence-corrected chi connectivity index (χ3v) is 4.79. The van der Waals surface area contributed by atoms with Gasteiger partial charge in [0.2, 0.25) is 10.0 Å². The van der Waals surface area contributed by atoms with E-state index < -0.39 is 10.0 Å². The lowest BCUT2D eigenvalue weighted by Crippen LogP contribution is -2.35. The van der Waals surface area contributed by atoms with E-state index in [1.54, 1.807) is 0 Å². The van der Waals surface area contributed by atoms with Crippen LogP contribution < -0.4 is 15.8 Å². The number of nitrogens with zero attached hydrogens (tertiary/aromatic N) is 1. The van der Waals surface area contributed by atoms with Crippen LogP contribution in [0, 0.1) is 0 Å². The number of nitrogens with one attached hydrogen (secondary N) is 2. The molecule has 0 spiro atoms. The summed E-state index contributed by atoms with van der Waals surface area (Å²) in [4.78, 5) is 4.11. The van der Waals surface area contributed by atoms with Crippen LogP contribution in [0.15, 0.2) is 21.4 Å². The Hall–Kier alpha value is -1.35. The van der Waals surface area contributed by atoms with Crippen molar-refractivity contribution in [1.82, 2.24) is 10.3 Å². The van der Waals surface area contributed by atoms with E-state index >= 15 is 0 Å². The van der Waals surface area contributed by atoms with Gasteiger partial charge in [-0.1, -0.05) is 11.6 Å². The number of oxazole rings is 1. The number of benzene rings is 1. The molecule has 114 valence electrons. The van der Waals surface area contributed by atoms with Crippen molar-refractivity contribution < 1.29 is 12.8 Å². The number of primary sulfonamides is 1. The number of piperidine rings is 1. The highest BCUT2D eigenvalue weighted by Gasteiger charge is 2.19. The van der Waals surface area contributed by atoms with Crippen molar-refractivity contribution in [3.8, 4) is 0 Å². The Morgan fingerprint density at radius 3 is 2.76 bits per heavy atom. The summed E-state index contributed by atoms with van der Waals surface area (Å²) in [5.41, 5.74) is 0.823. The van der Waals surface area contributed by atoms with Gasteiger partial charge >= 0.3 is 0 Å². The average molecular weight is 331 g/mol. The van der Waals surface area contributed by atoms with Gasteiger partial charge in [0.25, 0.3) is 6.01 Å². The van der Waals surface area contributed by atoms with Crippen LogP contribution in [0.4, 0.5) is 6.01 Å². The second-order valence-electron chi connectivity index (χ2n) is 4.98. The maximum atomic E-state index is 11.4. The van der Waals surface area contributed by atoms with Gasteiger partial charge in [-0.3, -0.25) is 0 Å². The van der Waals surface area contributed by atoms with Gasteiger partial charge in [-0.05, 0) is 32.0 Å². The molecular formula is C12H15ClN4O3S. The monoisotopic (exact) mass is 330 g/mol. The van der Waals surface area contributed by atoms with E-state index in [-0.39, 0.29) is 16.0 Å². The fraction of sp³-hybridized carbons (Fsp3) is 0.417. The molecule has 0 saturated carbocycles. The molecule has 0 bridgehead atoms. The summed E-state index contributed by atoms with van der Waals surface area (Å²) in [7, 11) is -3.89. The van der Waals surface area contributed by atoms with Gasteiger partial charge in [0.05, 0.1) is 5.02 Å². The molecule has 0 radical (unpaired) electrons. The number of halogens is 1. The largest absolute Gasteiger partial charge is 0.424 e. The van der Waals surface area contributed by atoms with Crippen LogP contribution in [0.25, 0.3) is 11.1 Å². The number of hydrogen-bond acceptors (Lipinski definition) is 6. The van der Waals surface area contributed by atoms with Crippen LogP contribution in [-0.4, -0.2) is 32.5 Å². The van der Waals surface area contributed by atoms with Crippen molar-refractivity contribution >= 4 is 38.7 Å². The fourth-order valence-electron chi connectivity index (χ4n) is 2.35. The van der Waals surface area contributed by atoms with Crippen LogP contribution in [0.1, 0.15) is 12.8 Å². The molecule has 9 heteroatoms. The minimum Gasteiger partial charge on any atom is -0.424 e. The average Bonchev–Trinajstić information content (AvgIpc) is 2.79. The van der Waals surface area contributed by atoms with E-state index in [2.05, 4.69) is 15.6 Å². The van der Waals surface area contributed by atoms with Crippen molar-refractivity contribution in [3.63, 3.8) is 0 Å². The van der Waals surface area contributed by atoms with E-state index in [0.717, 1.165) is 25.9 Å². The second kappa shape index (κ2) is 5.45. The van der Waals surface area contributed by atoms with Crippen LogP contribution in [0.5, 0.6) is 0 Å². The molecule has 1 aliphatic rings. The Morgan fingerprint density at radius 1 is 1.38 bits per heavy atom. The van der Waals surface area contributed by atoms with Crippen molar-refractivity contribution in [1.29, 1.82) is 0 Å². The first-order chi connectivity index (χ1) is 9.93. The van der Waals surface area contributed by atoms with E-state index in [0.29, 0.717) is 17.1 Å². The summed E-state index contributed by atoms with van der Waals surface area (Å²) < 4.78 is 28.4. The van der Waals surface area contributed by atoms with Crippen molar-refractivity contribution in [2.75, 3.05) is 18.4 Å². The molecule has 21 heavy (non-hydrogen) atoms. The molecule has 2 aromatic rings. The van der Waals surface area contributed by atoms with Crippen LogP contribution in [0.2, 0.25) is 5.02 Å². The molecule has 0 atom stereocenters. The molecule has 3 rings (SSSR count). The molecular weight excluding hydrogens is 316 g/mol. The predicted molar refractivity (Wildman–Crippen MR) is 79.9 cm³/mol. The van der Waals surface area contributed by atoms with Gasteiger partial charge in [0.15, 0.2) is 5.58 Å². The summed E-state index contributed by atoms with van der Waals surface area (Å²) in [5.74, 6) is 0. The van der Waals surface area contributed by atoms with Crippen LogP contribution >= 0.6 is 11.6 Å². The third kappa shape index (κ3) is 3.13. The number of anilines is 1. The van der Waals surface area contributed by atoms with Gasteiger partial charge in [-0.15, -0.1) is 0 Å². The summed E-state index contributed by atoms with van der Waals surface area (Å²) >= 11 is 5.92. The predicted octanol–water partition coefficient (Wildman–Crippen LogP) is 1.29. The zero-order chi connectivity index (χ0) is 15.0.